The molecule has 0 bridgehead atoms. The quantitative estimate of drug-likeness (QED) is 0.518. The van der Waals surface area contributed by atoms with E-state index in [1.807, 2.05) is 12.1 Å². The van der Waals surface area contributed by atoms with Crippen LogP contribution in [0.15, 0.2) is 24.3 Å². The molecule has 4 heteroatoms. The van der Waals surface area contributed by atoms with Gasteiger partial charge in [0.05, 0.1) is 14.0 Å². The molecule has 76 valence electrons. The van der Waals surface area contributed by atoms with Gasteiger partial charge in [0, 0.05) is 5.22 Å². The smallest absolute Gasteiger partial charge is 0.629 e. The van der Waals surface area contributed by atoms with E-state index in [1.165, 1.54) is 0 Å². The number of benzene rings is 1. The molecule has 0 unspecified atom stereocenters. The molecule has 0 fully saturated rings. The van der Waals surface area contributed by atoms with Crippen LogP contribution in [0.1, 0.15) is 0 Å². The topological polar surface area (TPSA) is 43.3 Å². The van der Waals surface area contributed by atoms with Crippen LogP contribution in [0, 0.1) is 0 Å². The fourth-order valence-corrected chi connectivity index (χ4v) is 2.47. The standard InChI is InChI=1S/C11H16O2Si.Li/c1-14(2,3)8-9-6-4-5-7-10(9)11(12)13;/h4-8,12-13H,1-3H3;/q;+1/p-1. The molecule has 0 amide bonds. The molecule has 1 aromatic rings. The first-order valence-corrected chi connectivity index (χ1v) is 8.16. The third-order valence-corrected chi connectivity index (χ3v) is 2.96. The van der Waals surface area contributed by atoms with E-state index in [9.17, 15) is 5.11 Å². The second-order valence-corrected chi connectivity index (χ2v) is 9.42. The summed E-state index contributed by atoms with van der Waals surface area (Å²) in [6, 6.07) is 7.14. The number of aliphatic hydroxyl groups is 1. The first-order chi connectivity index (χ1) is 6.40. The molecule has 0 heterocycles. The van der Waals surface area contributed by atoms with Crippen molar-refractivity contribution in [3.05, 3.63) is 34.7 Å². The zero-order valence-corrected chi connectivity index (χ0v) is 10.7. The van der Waals surface area contributed by atoms with Crippen molar-refractivity contribution in [2.75, 3.05) is 0 Å². The minimum Gasteiger partial charge on any atom is -0.629 e. The van der Waals surface area contributed by atoms with E-state index in [0.29, 0.717) is 5.22 Å². The molecular weight excluding hydrogens is 199 g/mol. The van der Waals surface area contributed by atoms with Crippen molar-refractivity contribution >= 4 is 19.7 Å². The van der Waals surface area contributed by atoms with E-state index in [-0.39, 0.29) is 18.9 Å². The predicted molar refractivity (Wildman–Crippen MR) is 59.5 cm³/mol. The minimum atomic E-state index is -1.36. The maximum Gasteiger partial charge on any atom is 1.00 e. The monoisotopic (exact) mass is 214 g/mol. The molecule has 1 rings (SSSR count). The fraction of sp³-hybridized carbons (Fsp3) is 0.273. The van der Waals surface area contributed by atoms with Gasteiger partial charge in [-0.25, -0.2) is 0 Å². The SMILES string of the molecule is C[Si](C)(C)C=c1cccc/c1=C(/[O-])O.[Li+]. The summed E-state index contributed by atoms with van der Waals surface area (Å²) in [5.41, 5.74) is 2.11. The summed E-state index contributed by atoms with van der Waals surface area (Å²) in [4.78, 5) is 0. The first kappa shape index (κ1) is 14.4. The average molecular weight is 214 g/mol. The van der Waals surface area contributed by atoms with E-state index >= 15 is 0 Å². The molecule has 15 heavy (non-hydrogen) atoms. The van der Waals surface area contributed by atoms with Crippen LogP contribution in [0.2, 0.25) is 19.6 Å². The Kier molecular flexibility index (Phi) is 5.23. The first-order valence-electron chi connectivity index (χ1n) is 4.58. The second kappa shape index (κ2) is 5.46. The number of hydrogen-bond acceptors (Lipinski definition) is 2. The maximum atomic E-state index is 10.9. The van der Waals surface area contributed by atoms with E-state index < -0.39 is 14.0 Å². The summed E-state index contributed by atoms with van der Waals surface area (Å²) in [6.07, 6.45) is 0. The van der Waals surface area contributed by atoms with Crippen LogP contribution in [0.3, 0.4) is 0 Å². The second-order valence-electron chi connectivity index (χ2n) is 4.40. The Bertz CT molecular complexity index is 431. The molecular formula is C11H15LiO2Si. The zero-order chi connectivity index (χ0) is 10.8. The summed E-state index contributed by atoms with van der Waals surface area (Å²) >= 11 is 0. The number of hydrogen-bond donors (Lipinski definition) is 1. The van der Waals surface area contributed by atoms with Gasteiger partial charge in [-0.2, -0.15) is 0 Å². The molecule has 0 aliphatic rings. The van der Waals surface area contributed by atoms with Gasteiger partial charge in [-0.3, -0.25) is 0 Å². The Labute approximate surface area is 103 Å². The van der Waals surface area contributed by atoms with Gasteiger partial charge in [0.2, 0.25) is 0 Å². The predicted octanol–water partition coefficient (Wildman–Crippen LogP) is -2.67. The summed E-state index contributed by atoms with van der Waals surface area (Å²) in [6.45, 7) is 6.56. The van der Waals surface area contributed by atoms with Crippen LogP contribution in [0.4, 0.5) is 0 Å². The van der Waals surface area contributed by atoms with Crippen LogP contribution in [0.25, 0.3) is 11.6 Å². The molecule has 1 aromatic carbocycles. The Morgan fingerprint density at radius 1 is 1.27 bits per heavy atom. The number of rotatable bonds is 1. The van der Waals surface area contributed by atoms with Gasteiger partial charge < -0.3 is 10.2 Å². The molecule has 0 aromatic heterocycles. The third-order valence-electron chi connectivity index (χ3n) is 1.78. The summed E-state index contributed by atoms with van der Waals surface area (Å²) < 4.78 is 0. The molecule has 0 saturated carbocycles. The summed E-state index contributed by atoms with van der Waals surface area (Å²) in [5.74, 6) is -0.852. The van der Waals surface area contributed by atoms with Gasteiger partial charge in [-0.15, -0.1) is 0 Å². The molecule has 0 aliphatic heterocycles. The largest absolute Gasteiger partial charge is 1.00 e. The maximum absolute atomic E-state index is 10.9. The third kappa shape index (κ3) is 4.61. The van der Waals surface area contributed by atoms with Gasteiger partial charge in [-0.05, 0) is 5.22 Å². The van der Waals surface area contributed by atoms with E-state index in [2.05, 4.69) is 25.3 Å². The Balaban J connectivity index is 0.00000196. The van der Waals surface area contributed by atoms with Crippen molar-refractivity contribution < 1.29 is 29.1 Å². The van der Waals surface area contributed by atoms with Crippen LogP contribution >= 0.6 is 0 Å². The molecule has 0 spiro atoms. The van der Waals surface area contributed by atoms with Crippen LogP contribution < -0.4 is 34.4 Å². The number of aliphatic hydroxyl groups excluding tert-OH is 1. The fourth-order valence-electron chi connectivity index (χ4n) is 1.28. The molecule has 1 N–H and O–H groups in total. The van der Waals surface area contributed by atoms with Gasteiger partial charge in [0.15, 0.2) is 0 Å². The van der Waals surface area contributed by atoms with Gasteiger partial charge in [-0.1, -0.05) is 49.6 Å². The Morgan fingerprint density at radius 3 is 2.27 bits per heavy atom. The molecule has 0 saturated heterocycles. The van der Waals surface area contributed by atoms with Crippen molar-refractivity contribution in [3.8, 4) is 0 Å². The van der Waals surface area contributed by atoms with Crippen molar-refractivity contribution in [1.29, 1.82) is 0 Å². The van der Waals surface area contributed by atoms with E-state index in [0.717, 1.165) is 5.22 Å². The Hall–Kier alpha value is -0.626. The summed E-state index contributed by atoms with van der Waals surface area (Å²) in [7, 11) is -1.36. The van der Waals surface area contributed by atoms with E-state index in [4.69, 9.17) is 5.11 Å². The van der Waals surface area contributed by atoms with Crippen molar-refractivity contribution in [2.24, 2.45) is 0 Å². The van der Waals surface area contributed by atoms with Crippen molar-refractivity contribution in [3.63, 3.8) is 0 Å². The minimum absolute atomic E-state index is 0. The van der Waals surface area contributed by atoms with Gasteiger partial charge >= 0.3 is 18.9 Å². The van der Waals surface area contributed by atoms with Crippen molar-refractivity contribution in [2.45, 2.75) is 19.6 Å². The van der Waals surface area contributed by atoms with Gasteiger partial charge in [0.25, 0.3) is 0 Å². The van der Waals surface area contributed by atoms with Crippen LogP contribution in [-0.2, 0) is 0 Å². The molecule has 0 aliphatic carbocycles. The Morgan fingerprint density at radius 2 is 1.80 bits per heavy atom. The van der Waals surface area contributed by atoms with E-state index in [1.54, 1.807) is 12.1 Å². The molecule has 0 radical (unpaired) electrons. The normalized spacial score (nSPS) is 14.5. The van der Waals surface area contributed by atoms with Crippen LogP contribution in [-0.4, -0.2) is 13.2 Å². The van der Waals surface area contributed by atoms with Gasteiger partial charge in [0.1, 0.15) is 0 Å². The summed E-state index contributed by atoms with van der Waals surface area (Å²) in [5, 5.41) is 21.1. The zero-order valence-electron chi connectivity index (χ0n) is 9.74. The van der Waals surface area contributed by atoms with Crippen LogP contribution in [0.5, 0.6) is 0 Å². The van der Waals surface area contributed by atoms with Crippen molar-refractivity contribution in [1.82, 2.24) is 0 Å². The molecule has 2 nitrogen and oxygen atoms in total. The molecule has 0 atom stereocenters. The average Bonchev–Trinajstić information content (AvgIpc) is 2.01.